The maximum Gasteiger partial charge on any atom is 0.204 e. The number of aryl methyl sites for hydroxylation is 1. The van der Waals surface area contributed by atoms with Crippen molar-refractivity contribution in [3.63, 3.8) is 0 Å². The van der Waals surface area contributed by atoms with E-state index in [0.29, 0.717) is 16.6 Å². The maximum atomic E-state index is 11.4. The van der Waals surface area contributed by atoms with E-state index in [9.17, 15) is 4.79 Å². The summed E-state index contributed by atoms with van der Waals surface area (Å²) in [4.78, 5) is 16.3. The third kappa shape index (κ3) is 4.39. The number of rotatable bonds is 7. The summed E-state index contributed by atoms with van der Waals surface area (Å²) < 4.78 is 5.58. The monoisotopic (exact) mass is 317 g/mol. The number of carbonyl (C=O) groups is 1. The molecule has 0 aliphatic carbocycles. The Bertz CT molecular complexity index is 680. The molecular weight excluding hydrogens is 298 g/mol. The zero-order chi connectivity index (χ0) is 15.9. The van der Waals surface area contributed by atoms with Gasteiger partial charge in [-0.25, -0.2) is 4.98 Å². The van der Waals surface area contributed by atoms with Crippen molar-refractivity contribution >= 4 is 28.5 Å². The van der Waals surface area contributed by atoms with E-state index in [1.807, 2.05) is 31.2 Å². The van der Waals surface area contributed by atoms with Crippen LogP contribution in [0.5, 0.6) is 5.75 Å². The maximum absolute atomic E-state index is 11.4. The molecule has 2 aromatic rings. The molecule has 2 rings (SSSR count). The molecule has 22 heavy (non-hydrogen) atoms. The van der Waals surface area contributed by atoms with Crippen LogP contribution in [0.25, 0.3) is 0 Å². The van der Waals surface area contributed by atoms with E-state index in [2.05, 4.69) is 22.4 Å². The van der Waals surface area contributed by atoms with Crippen molar-refractivity contribution in [1.29, 1.82) is 0 Å². The lowest BCUT2D eigenvalue weighted by Gasteiger charge is -2.04. The highest BCUT2D eigenvalue weighted by atomic mass is 32.1. The SMILES string of the molecule is CCCOc1cccc(/C=N\Nc2nc(C)c(C(C)=O)s2)c1. The first-order chi connectivity index (χ1) is 10.6. The molecule has 1 aromatic carbocycles. The second kappa shape index (κ2) is 7.70. The number of nitrogens with one attached hydrogen (secondary N) is 1. The molecule has 0 saturated heterocycles. The van der Waals surface area contributed by atoms with Gasteiger partial charge in [-0.3, -0.25) is 10.2 Å². The van der Waals surface area contributed by atoms with E-state index in [0.717, 1.165) is 23.4 Å². The molecule has 0 saturated carbocycles. The van der Waals surface area contributed by atoms with Crippen LogP contribution in [0.2, 0.25) is 0 Å². The number of hydrogen-bond donors (Lipinski definition) is 1. The zero-order valence-electron chi connectivity index (χ0n) is 12.9. The van der Waals surface area contributed by atoms with Gasteiger partial charge in [0.15, 0.2) is 5.78 Å². The number of ether oxygens (including phenoxy) is 1. The number of carbonyl (C=O) groups excluding carboxylic acids is 1. The molecule has 0 unspecified atom stereocenters. The van der Waals surface area contributed by atoms with Gasteiger partial charge in [0.1, 0.15) is 5.75 Å². The van der Waals surface area contributed by atoms with Crippen LogP contribution in [-0.2, 0) is 0 Å². The molecule has 6 heteroatoms. The number of aromatic nitrogens is 1. The minimum Gasteiger partial charge on any atom is -0.494 e. The molecule has 0 aliphatic rings. The van der Waals surface area contributed by atoms with Crippen molar-refractivity contribution in [1.82, 2.24) is 4.98 Å². The van der Waals surface area contributed by atoms with Crippen LogP contribution in [0.4, 0.5) is 5.13 Å². The Balaban J connectivity index is 2.00. The van der Waals surface area contributed by atoms with Crippen LogP contribution in [0.3, 0.4) is 0 Å². The Morgan fingerprint density at radius 1 is 1.50 bits per heavy atom. The summed E-state index contributed by atoms with van der Waals surface area (Å²) in [5.74, 6) is 0.850. The zero-order valence-corrected chi connectivity index (χ0v) is 13.7. The average Bonchev–Trinajstić information content (AvgIpc) is 2.87. The summed E-state index contributed by atoms with van der Waals surface area (Å²) in [7, 11) is 0. The van der Waals surface area contributed by atoms with Gasteiger partial charge in [-0.2, -0.15) is 5.10 Å². The smallest absolute Gasteiger partial charge is 0.204 e. The fraction of sp³-hybridized carbons (Fsp3) is 0.312. The van der Waals surface area contributed by atoms with Gasteiger partial charge < -0.3 is 4.74 Å². The normalized spacial score (nSPS) is 10.9. The van der Waals surface area contributed by atoms with Crippen molar-refractivity contribution in [2.24, 2.45) is 5.10 Å². The summed E-state index contributed by atoms with van der Waals surface area (Å²) in [6, 6.07) is 7.71. The van der Waals surface area contributed by atoms with Crippen LogP contribution in [0, 0.1) is 6.92 Å². The lowest BCUT2D eigenvalue weighted by molar-refractivity contribution is 0.102. The van der Waals surface area contributed by atoms with Crippen molar-refractivity contribution in [2.45, 2.75) is 27.2 Å². The fourth-order valence-electron chi connectivity index (χ4n) is 1.84. The number of ketones is 1. The summed E-state index contributed by atoms with van der Waals surface area (Å²) >= 11 is 1.31. The second-order valence-corrected chi connectivity index (χ2v) is 5.78. The predicted molar refractivity (Wildman–Crippen MR) is 90.3 cm³/mol. The summed E-state index contributed by atoms with van der Waals surface area (Å²) in [5.41, 5.74) is 4.51. The van der Waals surface area contributed by atoms with Gasteiger partial charge in [0.25, 0.3) is 0 Å². The van der Waals surface area contributed by atoms with Crippen LogP contribution >= 0.6 is 11.3 Å². The third-order valence-corrected chi connectivity index (χ3v) is 3.98. The average molecular weight is 317 g/mol. The molecule has 0 radical (unpaired) electrons. The van der Waals surface area contributed by atoms with Gasteiger partial charge in [0.05, 0.1) is 23.4 Å². The molecular formula is C16H19N3O2S. The number of anilines is 1. The molecule has 0 amide bonds. The molecule has 1 heterocycles. The minimum atomic E-state index is 0.0211. The molecule has 116 valence electrons. The number of nitrogens with zero attached hydrogens (tertiary/aromatic N) is 2. The van der Waals surface area contributed by atoms with Gasteiger partial charge in [-0.15, -0.1) is 0 Å². The topological polar surface area (TPSA) is 63.6 Å². The number of thiazole rings is 1. The first-order valence-corrected chi connectivity index (χ1v) is 7.92. The highest BCUT2D eigenvalue weighted by Crippen LogP contribution is 2.22. The van der Waals surface area contributed by atoms with Gasteiger partial charge in [-0.05, 0) is 31.0 Å². The quantitative estimate of drug-likeness (QED) is 0.478. The first kappa shape index (κ1) is 16.2. The van der Waals surface area contributed by atoms with Crippen molar-refractivity contribution in [2.75, 3.05) is 12.0 Å². The van der Waals surface area contributed by atoms with E-state index < -0.39 is 0 Å². The Labute approximate surface area is 134 Å². The fourth-order valence-corrected chi connectivity index (χ4v) is 2.65. The number of benzene rings is 1. The second-order valence-electron chi connectivity index (χ2n) is 4.78. The van der Waals surface area contributed by atoms with E-state index in [1.54, 1.807) is 6.21 Å². The van der Waals surface area contributed by atoms with E-state index in [4.69, 9.17) is 4.74 Å². The van der Waals surface area contributed by atoms with Gasteiger partial charge in [0, 0.05) is 6.92 Å². The first-order valence-electron chi connectivity index (χ1n) is 7.10. The Hall–Kier alpha value is -2.21. The number of hydrogen-bond acceptors (Lipinski definition) is 6. The molecule has 0 fully saturated rings. The van der Waals surface area contributed by atoms with Crippen molar-refractivity contribution in [3.8, 4) is 5.75 Å². The summed E-state index contributed by atoms with van der Waals surface area (Å²) in [6.45, 7) is 6.12. The van der Waals surface area contributed by atoms with Crippen LogP contribution in [0.15, 0.2) is 29.4 Å². The largest absolute Gasteiger partial charge is 0.494 e. The van der Waals surface area contributed by atoms with Crippen LogP contribution in [0.1, 0.15) is 41.2 Å². The molecule has 0 spiro atoms. The molecule has 1 aromatic heterocycles. The molecule has 0 atom stereocenters. The Kier molecular flexibility index (Phi) is 5.66. The molecule has 0 aliphatic heterocycles. The van der Waals surface area contributed by atoms with Crippen LogP contribution in [-0.4, -0.2) is 23.6 Å². The predicted octanol–water partition coefficient (Wildman–Crippen LogP) is 3.89. The van der Waals surface area contributed by atoms with Crippen molar-refractivity contribution in [3.05, 3.63) is 40.4 Å². The standard InChI is InChI=1S/C16H19N3O2S/c1-4-8-21-14-7-5-6-13(9-14)10-17-19-16-18-11(2)15(22-16)12(3)20/h5-7,9-10H,4,8H2,1-3H3,(H,18,19)/b17-10-. The van der Waals surface area contributed by atoms with Crippen LogP contribution < -0.4 is 10.2 Å². The molecule has 1 N–H and O–H groups in total. The van der Waals surface area contributed by atoms with Crippen molar-refractivity contribution < 1.29 is 9.53 Å². The van der Waals surface area contributed by atoms with E-state index in [1.165, 1.54) is 18.3 Å². The van der Waals surface area contributed by atoms with Gasteiger partial charge in [0.2, 0.25) is 5.13 Å². The van der Waals surface area contributed by atoms with E-state index in [-0.39, 0.29) is 5.78 Å². The number of hydrazone groups is 1. The minimum absolute atomic E-state index is 0.0211. The van der Waals surface area contributed by atoms with E-state index >= 15 is 0 Å². The Morgan fingerprint density at radius 3 is 3.00 bits per heavy atom. The Morgan fingerprint density at radius 2 is 2.32 bits per heavy atom. The van der Waals surface area contributed by atoms with Gasteiger partial charge >= 0.3 is 0 Å². The highest BCUT2D eigenvalue weighted by Gasteiger charge is 2.10. The molecule has 0 bridgehead atoms. The molecule has 5 nitrogen and oxygen atoms in total. The lowest BCUT2D eigenvalue weighted by Crippen LogP contribution is -1.96. The summed E-state index contributed by atoms with van der Waals surface area (Å²) in [5, 5.41) is 4.76. The van der Waals surface area contributed by atoms with Gasteiger partial charge in [-0.1, -0.05) is 30.4 Å². The number of Topliss-reactive ketones (excluding diaryl/α,β-unsaturated/α-hetero) is 1. The highest BCUT2D eigenvalue weighted by molar-refractivity contribution is 7.17. The third-order valence-electron chi connectivity index (χ3n) is 2.82. The summed E-state index contributed by atoms with van der Waals surface area (Å²) in [6.07, 6.45) is 2.67. The lowest BCUT2D eigenvalue weighted by atomic mass is 10.2.